The van der Waals surface area contributed by atoms with Crippen LogP contribution >= 0.6 is 11.8 Å². The second-order valence-electron chi connectivity index (χ2n) is 3.74. The number of hydrogen-bond acceptors (Lipinski definition) is 5. The molecule has 0 saturated heterocycles. The van der Waals surface area contributed by atoms with Crippen LogP contribution in [0, 0.1) is 0 Å². The highest BCUT2D eigenvalue weighted by Crippen LogP contribution is 2.22. The van der Waals surface area contributed by atoms with Crippen LogP contribution < -0.4 is 5.73 Å². The molecular formula is C11H18N2O2S. The van der Waals surface area contributed by atoms with Crippen molar-refractivity contribution in [3.05, 3.63) is 18.3 Å². The van der Waals surface area contributed by atoms with Gasteiger partial charge in [-0.15, -0.1) is 11.8 Å². The van der Waals surface area contributed by atoms with Crippen LogP contribution in [0.5, 0.6) is 0 Å². The first-order valence-electron chi connectivity index (χ1n) is 5.22. The topological polar surface area (TPSA) is 68.4 Å². The van der Waals surface area contributed by atoms with Gasteiger partial charge in [0.2, 0.25) is 0 Å². The van der Waals surface area contributed by atoms with E-state index in [4.69, 9.17) is 10.5 Å². The van der Waals surface area contributed by atoms with Gasteiger partial charge in [0.25, 0.3) is 0 Å². The Morgan fingerprint density at radius 3 is 2.94 bits per heavy atom. The first kappa shape index (κ1) is 13.3. The van der Waals surface area contributed by atoms with Crippen LogP contribution in [-0.4, -0.2) is 34.7 Å². The second kappa shape index (κ2) is 6.73. The molecule has 0 saturated carbocycles. The zero-order valence-electron chi connectivity index (χ0n) is 9.59. The Bertz CT molecular complexity index is 321. The Hall–Kier alpha value is -0.780. The van der Waals surface area contributed by atoms with Crippen LogP contribution in [0.2, 0.25) is 0 Å². The van der Waals surface area contributed by atoms with Crippen molar-refractivity contribution in [2.24, 2.45) is 0 Å². The average molecular weight is 242 g/mol. The fourth-order valence-electron chi connectivity index (χ4n) is 1.05. The molecule has 1 heterocycles. The lowest BCUT2D eigenvalue weighted by Gasteiger charge is -2.13. The number of aromatic nitrogens is 1. The molecule has 0 bridgehead atoms. The van der Waals surface area contributed by atoms with E-state index in [0.29, 0.717) is 18.0 Å². The normalized spacial score (nSPS) is 13.0. The van der Waals surface area contributed by atoms with Gasteiger partial charge in [-0.25, -0.2) is 4.98 Å². The Morgan fingerprint density at radius 2 is 2.31 bits per heavy atom. The molecule has 1 rings (SSSR count). The molecule has 16 heavy (non-hydrogen) atoms. The summed E-state index contributed by atoms with van der Waals surface area (Å²) in [5, 5.41) is 10.4. The fourth-order valence-corrected chi connectivity index (χ4v) is 1.87. The molecule has 5 heteroatoms. The van der Waals surface area contributed by atoms with Gasteiger partial charge in [0.05, 0.1) is 24.5 Å². The molecule has 0 spiro atoms. The number of pyridine rings is 1. The fraction of sp³-hybridized carbons (Fsp3) is 0.545. The minimum atomic E-state index is -0.492. The van der Waals surface area contributed by atoms with Crippen molar-refractivity contribution in [2.75, 3.05) is 18.1 Å². The standard InChI is InChI=1S/C11H18N2O2S/c1-8(2)15-6-9(14)7-16-11-10(12)4-3-5-13-11/h3-5,8-9,14H,6-7,12H2,1-2H3. The lowest BCUT2D eigenvalue weighted by Crippen LogP contribution is -2.20. The van der Waals surface area contributed by atoms with Crippen LogP contribution in [0.3, 0.4) is 0 Å². The summed E-state index contributed by atoms with van der Waals surface area (Å²) in [4.78, 5) is 4.13. The van der Waals surface area contributed by atoms with Crippen molar-refractivity contribution in [1.29, 1.82) is 0 Å². The van der Waals surface area contributed by atoms with Crippen molar-refractivity contribution in [3.63, 3.8) is 0 Å². The highest BCUT2D eigenvalue weighted by Gasteiger charge is 2.08. The zero-order chi connectivity index (χ0) is 12.0. The summed E-state index contributed by atoms with van der Waals surface area (Å²) < 4.78 is 5.31. The minimum absolute atomic E-state index is 0.138. The molecule has 0 aliphatic rings. The van der Waals surface area contributed by atoms with Gasteiger partial charge in [-0.2, -0.15) is 0 Å². The van der Waals surface area contributed by atoms with E-state index in [-0.39, 0.29) is 6.10 Å². The van der Waals surface area contributed by atoms with Crippen LogP contribution in [0.1, 0.15) is 13.8 Å². The van der Waals surface area contributed by atoms with Crippen molar-refractivity contribution in [2.45, 2.75) is 31.1 Å². The lowest BCUT2D eigenvalue weighted by atomic mass is 10.4. The maximum Gasteiger partial charge on any atom is 0.119 e. The van der Waals surface area contributed by atoms with Gasteiger partial charge in [-0.3, -0.25) is 0 Å². The van der Waals surface area contributed by atoms with Gasteiger partial charge < -0.3 is 15.6 Å². The zero-order valence-corrected chi connectivity index (χ0v) is 10.4. The van der Waals surface area contributed by atoms with Gasteiger partial charge in [0.15, 0.2) is 0 Å². The number of thioether (sulfide) groups is 1. The van der Waals surface area contributed by atoms with E-state index in [1.54, 1.807) is 18.3 Å². The molecular weight excluding hydrogens is 224 g/mol. The third kappa shape index (κ3) is 4.83. The number of hydrogen-bond donors (Lipinski definition) is 2. The predicted octanol–water partition coefficient (Wildman–Crippen LogP) is 1.54. The first-order chi connectivity index (χ1) is 7.59. The summed E-state index contributed by atoms with van der Waals surface area (Å²) in [5.41, 5.74) is 6.38. The van der Waals surface area contributed by atoms with Gasteiger partial charge in [0.1, 0.15) is 5.03 Å². The van der Waals surface area contributed by atoms with Crippen molar-refractivity contribution < 1.29 is 9.84 Å². The van der Waals surface area contributed by atoms with Crippen molar-refractivity contribution in [1.82, 2.24) is 4.98 Å². The SMILES string of the molecule is CC(C)OCC(O)CSc1ncccc1N. The summed E-state index contributed by atoms with van der Waals surface area (Å²) in [6.07, 6.45) is 1.34. The van der Waals surface area contributed by atoms with Crippen LogP contribution in [0.25, 0.3) is 0 Å². The number of aliphatic hydroxyl groups is 1. The number of nitrogen functional groups attached to an aromatic ring is 1. The van der Waals surface area contributed by atoms with Crippen molar-refractivity contribution >= 4 is 17.4 Å². The van der Waals surface area contributed by atoms with E-state index >= 15 is 0 Å². The number of rotatable bonds is 6. The molecule has 90 valence electrons. The van der Waals surface area contributed by atoms with Gasteiger partial charge >= 0.3 is 0 Å². The molecule has 1 unspecified atom stereocenters. The summed E-state index contributed by atoms with van der Waals surface area (Å²) in [7, 11) is 0. The first-order valence-corrected chi connectivity index (χ1v) is 6.21. The second-order valence-corrected chi connectivity index (χ2v) is 4.75. The van der Waals surface area contributed by atoms with Crippen molar-refractivity contribution in [3.8, 4) is 0 Å². The average Bonchev–Trinajstić information content (AvgIpc) is 2.25. The van der Waals surface area contributed by atoms with Gasteiger partial charge in [0, 0.05) is 11.9 Å². The predicted molar refractivity (Wildman–Crippen MR) is 66.5 cm³/mol. The third-order valence-electron chi connectivity index (χ3n) is 1.83. The summed E-state index contributed by atoms with van der Waals surface area (Å²) in [6.45, 7) is 4.23. The molecule has 1 aromatic rings. The summed E-state index contributed by atoms with van der Waals surface area (Å²) in [6, 6.07) is 3.59. The van der Waals surface area contributed by atoms with E-state index in [0.717, 1.165) is 5.03 Å². The van der Waals surface area contributed by atoms with E-state index in [2.05, 4.69) is 4.98 Å². The summed E-state index contributed by atoms with van der Waals surface area (Å²) >= 11 is 1.44. The maximum atomic E-state index is 9.64. The van der Waals surface area contributed by atoms with Crippen LogP contribution in [0.4, 0.5) is 5.69 Å². The molecule has 0 aliphatic carbocycles. The highest BCUT2D eigenvalue weighted by atomic mass is 32.2. The third-order valence-corrected chi connectivity index (χ3v) is 3.00. The van der Waals surface area contributed by atoms with E-state index in [9.17, 15) is 5.11 Å². The number of nitrogens with two attached hydrogens (primary N) is 1. The molecule has 0 fully saturated rings. The summed E-state index contributed by atoms with van der Waals surface area (Å²) in [5.74, 6) is 0.536. The number of ether oxygens (including phenoxy) is 1. The Morgan fingerprint density at radius 1 is 1.56 bits per heavy atom. The highest BCUT2D eigenvalue weighted by molar-refractivity contribution is 7.99. The number of aliphatic hydroxyl groups excluding tert-OH is 1. The molecule has 4 nitrogen and oxygen atoms in total. The quantitative estimate of drug-likeness (QED) is 0.741. The lowest BCUT2D eigenvalue weighted by molar-refractivity contribution is 0.0152. The molecule has 1 atom stereocenters. The Labute approximate surface area is 100 Å². The molecule has 0 aliphatic heterocycles. The van der Waals surface area contributed by atoms with E-state index < -0.39 is 6.10 Å². The maximum absolute atomic E-state index is 9.64. The number of nitrogens with zero attached hydrogens (tertiary/aromatic N) is 1. The molecule has 0 aromatic carbocycles. The van der Waals surface area contributed by atoms with E-state index in [1.165, 1.54) is 11.8 Å². The molecule has 0 radical (unpaired) electrons. The van der Waals surface area contributed by atoms with Crippen LogP contribution in [0.15, 0.2) is 23.4 Å². The minimum Gasteiger partial charge on any atom is -0.397 e. The Kier molecular flexibility index (Phi) is 5.59. The van der Waals surface area contributed by atoms with Gasteiger partial charge in [-0.1, -0.05) is 0 Å². The largest absolute Gasteiger partial charge is 0.397 e. The molecule has 3 N–H and O–H groups in total. The Balaban J connectivity index is 2.31. The monoisotopic (exact) mass is 242 g/mol. The van der Waals surface area contributed by atoms with E-state index in [1.807, 2.05) is 13.8 Å². The molecule has 0 amide bonds. The smallest absolute Gasteiger partial charge is 0.119 e. The van der Waals surface area contributed by atoms with Crippen LogP contribution in [-0.2, 0) is 4.74 Å². The van der Waals surface area contributed by atoms with Gasteiger partial charge in [-0.05, 0) is 26.0 Å². The number of anilines is 1. The molecule has 1 aromatic heterocycles.